The molecule has 1 N–H and O–H groups in total. The number of amides is 1. The molecule has 5 nitrogen and oxygen atoms in total. The lowest BCUT2D eigenvalue weighted by atomic mass is 10.0. The summed E-state index contributed by atoms with van der Waals surface area (Å²) in [4.78, 5) is 14.7. The molecular weight excluding hydrogens is 428 g/mol. The standard InChI is InChI=1S/C24H30N2O3S2/c1-28-21-9-5-20(6-10-21)26-13-11-19(12-14-26)25-23(27)17-29-22-7-3-18(4-8-22)24-30-15-2-16-31-24/h3-10,19,24H,2,11-17H2,1H3,(H,25,27). The fraction of sp³-hybridized carbons (Fsp3) is 0.458. The zero-order chi connectivity index (χ0) is 21.5. The molecule has 0 bridgehead atoms. The molecule has 0 aliphatic carbocycles. The normalized spacial score (nSPS) is 17.9. The lowest BCUT2D eigenvalue weighted by Crippen LogP contribution is -2.46. The average molecular weight is 459 g/mol. The summed E-state index contributed by atoms with van der Waals surface area (Å²) in [6.45, 7) is 1.92. The fourth-order valence-corrected chi connectivity index (χ4v) is 6.79. The van der Waals surface area contributed by atoms with E-state index in [2.05, 4.69) is 34.5 Å². The largest absolute Gasteiger partial charge is 0.497 e. The second-order valence-electron chi connectivity index (χ2n) is 7.81. The van der Waals surface area contributed by atoms with E-state index >= 15 is 0 Å². The molecule has 0 spiro atoms. The number of benzene rings is 2. The monoisotopic (exact) mass is 458 g/mol. The minimum atomic E-state index is -0.0506. The van der Waals surface area contributed by atoms with E-state index in [1.165, 1.54) is 29.2 Å². The Bertz CT molecular complexity index is 831. The van der Waals surface area contributed by atoms with Crippen LogP contribution in [0.1, 0.15) is 29.4 Å². The van der Waals surface area contributed by atoms with Crippen LogP contribution in [0.25, 0.3) is 0 Å². The van der Waals surface area contributed by atoms with Crippen LogP contribution in [-0.2, 0) is 4.79 Å². The summed E-state index contributed by atoms with van der Waals surface area (Å²) in [5.41, 5.74) is 2.53. The van der Waals surface area contributed by atoms with Gasteiger partial charge in [0.2, 0.25) is 0 Å². The lowest BCUT2D eigenvalue weighted by Gasteiger charge is -2.34. The van der Waals surface area contributed by atoms with Gasteiger partial charge in [-0.05, 0) is 72.7 Å². The van der Waals surface area contributed by atoms with Gasteiger partial charge in [0.05, 0.1) is 11.7 Å². The van der Waals surface area contributed by atoms with E-state index in [0.717, 1.165) is 37.4 Å². The van der Waals surface area contributed by atoms with Crippen molar-refractivity contribution in [3.63, 3.8) is 0 Å². The van der Waals surface area contributed by atoms with Gasteiger partial charge in [-0.2, -0.15) is 0 Å². The van der Waals surface area contributed by atoms with Gasteiger partial charge in [0.25, 0.3) is 5.91 Å². The highest BCUT2D eigenvalue weighted by Crippen LogP contribution is 2.43. The Hall–Kier alpha value is -1.99. The van der Waals surface area contributed by atoms with E-state index < -0.39 is 0 Å². The molecule has 1 amide bonds. The number of methoxy groups -OCH3 is 1. The average Bonchev–Trinajstić information content (AvgIpc) is 2.84. The molecule has 0 aromatic heterocycles. The summed E-state index contributed by atoms with van der Waals surface area (Å²) in [6.07, 6.45) is 3.16. The molecule has 2 heterocycles. The third kappa shape index (κ3) is 6.26. The molecule has 0 radical (unpaired) electrons. The molecule has 0 atom stereocenters. The van der Waals surface area contributed by atoms with Gasteiger partial charge in [0, 0.05) is 24.8 Å². The van der Waals surface area contributed by atoms with Crippen LogP contribution in [0.2, 0.25) is 0 Å². The number of piperidine rings is 1. The van der Waals surface area contributed by atoms with Gasteiger partial charge in [0.15, 0.2) is 6.61 Å². The molecule has 0 unspecified atom stereocenters. The Morgan fingerprint density at radius 2 is 1.65 bits per heavy atom. The Morgan fingerprint density at radius 1 is 1.00 bits per heavy atom. The molecule has 166 valence electrons. The van der Waals surface area contributed by atoms with Crippen molar-refractivity contribution >= 4 is 35.1 Å². The van der Waals surface area contributed by atoms with E-state index in [9.17, 15) is 4.79 Å². The van der Waals surface area contributed by atoms with Crippen molar-refractivity contribution < 1.29 is 14.3 Å². The van der Waals surface area contributed by atoms with Crippen LogP contribution < -0.4 is 19.7 Å². The van der Waals surface area contributed by atoms with E-state index in [4.69, 9.17) is 9.47 Å². The predicted octanol–water partition coefficient (Wildman–Crippen LogP) is 4.73. The van der Waals surface area contributed by atoms with Crippen molar-refractivity contribution in [3.05, 3.63) is 54.1 Å². The summed E-state index contributed by atoms with van der Waals surface area (Å²) in [6, 6.07) is 16.5. The van der Waals surface area contributed by atoms with Crippen LogP contribution in [0.4, 0.5) is 5.69 Å². The van der Waals surface area contributed by atoms with Gasteiger partial charge < -0.3 is 19.7 Å². The van der Waals surface area contributed by atoms with Crippen molar-refractivity contribution in [2.45, 2.75) is 29.9 Å². The van der Waals surface area contributed by atoms with Gasteiger partial charge in [-0.15, -0.1) is 23.5 Å². The maximum absolute atomic E-state index is 12.4. The van der Waals surface area contributed by atoms with Crippen LogP contribution >= 0.6 is 23.5 Å². The number of nitrogens with zero attached hydrogens (tertiary/aromatic N) is 1. The zero-order valence-corrected chi connectivity index (χ0v) is 19.6. The second kappa shape index (κ2) is 11.0. The molecule has 2 aliphatic heterocycles. The van der Waals surface area contributed by atoms with Crippen molar-refractivity contribution in [3.8, 4) is 11.5 Å². The maximum atomic E-state index is 12.4. The van der Waals surface area contributed by atoms with Crippen molar-refractivity contribution in [2.24, 2.45) is 0 Å². The first kappa shape index (κ1) is 22.2. The summed E-state index contributed by atoms with van der Waals surface area (Å²) in [5, 5.41) is 3.13. The first-order chi connectivity index (χ1) is 15.2. The quantitative estimate of drug-likeness (QED) is 0.648. The molecular formula is C24H30N2O3S2. The van der Waals surface area contributed by atoms with Gasteiger partial charge >= 0.3 is 0 Å². The topological polar surface area (TPSA) is 50.8 Å². The van der Waals surface area contributed by atoms with E-state index in [1.54, 1.807) is 7.11 Å². The van der Waals surface area contributed by atoms with E-state index in [-0.39, 0.29) is 18.6 Å². The molecule has 0 saturated carbocycles. The highest BCUT2D eigenvalue weighted by atomic mass is 32.2. The minimum absolute atomic E-state index is 0.0506. The maximum Gasteiger partial charge on any atom is 0.258 e. The third-order valence-corrected chi connectivity index (χ3v) is 8.66. The molecule has 2 fully saturated rings. The molecule has 2 aliphatic rings. The van der Waals surface area contributed by atoms with E-state index in [1.807, 2.05) is 47.8 Å². The van der Waals surface area contributed by atoms with Gasteiger partial charge in [0.1, 0.15) is 11.5 Å². The molecule has 2 aromatic rings. The van der Waals surface area contributed by atoms with Crippen molar-refractivity contribution in [2.75, 3.05) is 43.2 Å². The molecule has 7 heteroatoms. The van der Waals surface area contributed by atoms with Crippen LogP contribution in [-0.4, -0.2) is 50.3 Å². The number of rotatable bonds is 7. The summed E-state index contributed by atoms with van der Waals surface area (Å²) in [7, 11) is 1.68. The number of hydrogen-bond acceptors (Lipinski definition) is 6. The number of anilines is 1. The van der Waals surface area contributed by atoms with E-state index in [0.29, 0.717) is 4.58 Å². The SMILES string of the molecule is COc1ccc(N2CCC(NC(=O)COc3ccc(C4SCCCS4)cc3)CC2)cc1. The number of hydrogen-bond donors (Lipinski definition) is 1. The molecule has 4 rings (SSSR count). The zero-order valence-electron chi connectivity index (χ0n) is 17.9. The third-order valence-electron chi connectivity index (χ3n) is 5.65. The summed E-state index contributed by atoms with van der Waals surface area (Å²) < 4.78 is 11.5. The first-order valence-electron chi connectivity index (χ1n) is 10.9. The smallest absolute Gasteiger partial charge is 0.258 e. The number of carbonyl (C=O) groups excluding carboxylic acids is 1. The summed E-state index contributed by atoms with van der Waals surface area (Å²) >= 11 is 4.02. The molecule has 2 aromatic carbocycles. The van der Waals surface area contributed by atoms with Crippen molar-refractivity contribution in [1.29, 1.82) is 0 Å². The van der Waals surface area contributed by atoms with Gasteiger partial charge in [-0.3, -0.25) is 4.79 Å². The highest BCUT2D eigenvalue weighted by Gasteiger charge is 2.21. The van der Waals surface area contributed by atoms with Crippen LogP contribution in [0, 0.1) is 0 Å². The van der Waals surface area contributed by atoms with Crippen LogP contribution in [0.5, 0.6) is 11.5 Å². The Morgan fingerprint density at radius 3 is 2.29 bits per heavy atom. The highest BCUT2D eigenvalue weighted by molar-refractivity contribution is 8.16. The predicted molar refractivity (Wildman–Crippen MR) is 131 cm³/mol. The van der Waals surface area contributed by atoms with Crippen LogP contribution in [0.3, 0.4) is 0 Å². The summed E-state index contributed by atoms with van der Waals surface area (Å²) in [5.74, 6) is 4.03. The Kier molecular flexibility index (Phi) is 7.92. The fourth-order valence-electron chi connectivity index (χ4n) is 3.89. The number of thioether (sulfide) groups is 2. The molecule has 31 heavy (non-hydrogen) atoms. The second-order valence-corrected chi connectivity index (χ2v) is 10.5. The molecule has 2 saturated heterocycles. The number of nitrogens with one attached hydrogen (secondary N) is 1. The first-order valence-corrected chi connectivity index (χ1v) is 13.0. The lowest BCUT2D eigenvalue weighted by molar-refractivity contribution is -0.123. The minimum Gasteiger partial charge on any atom is -0.497 e. The van der Waals surface area contributed by atoms with Crippen molar-refractivity contribution in [1.82, 2.24) is 5.32 Å². The Balaban J connectivity index is 1.18. The number of ether oxygens (including phenoxy) is 2. The van der Waals surface area contributed by atoms with Gasteiger partial charge in [-0.25, -0.2) is 0 Å². The van der Waals surface area contributed by atoms with Crippen LogP contribution in [0.15, 0.2) is 48.5 Å². The number of carbonyl (C=O) groups is 1. The Labute approximate surface area is 193 Å². The van der Waals surface area contributed by atoms with Gasteiger partial charge in [-0.1, -0.05) is 12.1 Å².